The zero-order chi connectivity index (χ0) is 22.9. The Hall–Kier alpha value is -2.19. The molecule has 1 spiro atoms. The molecule has 4 rings (SSSR count). The van der Waals surface area contributed by atoms with Crippen LogP contribution in [0.5, 0.6) is 0 Å². The van der Waals surface area contributed by atoms with Gasteiger partial charge in [0.05, 0.1) is 11.5 Å². The summed E-state index contributed by atoms with van der Waals surface area (Å²) in [5, 5.41) is 9.23. The Kier molecular flexibility index (Phi) is 6.45. The Morgan fingerprint density at radius 1 is 1.03 bits per heavy atom. The summed E-state index contributed by atoms with van der Waals surface area (Å²) < 4.78 is 12.0. The van der Waals surface area contributed by atoms with Gasteiger partial charge in [-0.1, -0.05) is 38.0 Å². The van der Waals surface area contributed by atoms with Crippen molar-refractivity contribution >= 4 is 17.8 Å². The van der Waals surface area contributed by atoms with Gasteiger partial charge in [0.15, 0.2) is 0 Å². The van der Waals surface area contributed by atoms with Crippen LogP contribution in [0.4, 0.5) is 0 Å². The lowest BCUT2D eigenvalue weighted by Gasteiger charge is -2.37. The summed E-state index contributed by atoms with van der Waals surface area (Å²) >= 11 is 0. The summed E-state index contributed by atoms with van der Waals surface area (Å²) in [5.41, 5.74) is -2.24. The summed E-state index contributed by atoms with van der Waals surface area (Å²) in [4.78, 5) is 44.0. The van der Waals surface area contributed by atoms with Crippen molar-refractivity contribution in [2.45, 2.75) is 63.2 Å². The van der Waals surface area contributed by atoms with Crippen LogP contribution < -0.4 is 0 Å². The summed E-state index contributed by atoms with van der Waals surface area (Å²) in [5.74, 6) is -2.49. The number of nitrogens with zero attached hydrogens (tertiary/aromatic N) is 2. The minimum Gasteiger partial charge on any atom is -0.461 e. The van der Waals surface area contributed by atoms with Crippen molar-refractivity contribution in [2.24, 2.45) is 11.8 Å². The predicted octanol–water partition coefficient (Wildman–Crippen LogP) is 1.43. The smallest absolute Gasteiger partial charge is 0.313 e. The van der Waals surface area contributed by atoms with E-state index in [-0.39, 0.29) is 25.0 Å². The molecule has 0 saturated carbocycles. The fourth-order valence-electron chi connectivity index (χ4n) is 5.79. The SMILES string of the molecule is CCCCCN1CC=C[C@]23O[C@]4(C)C=CCOC(=O)[C@@H]4[C@H]2C(=O)N(CCCCO)C3C1=O. The summed E-state index contributed by atoms with van der Waals surface area (Å²) in [6, 6.07) is -0.830. The molecule has 0 radical (unpaired) electrons. The van der Waals surface area contributed by atoms with E-state index in [1.807, 2.05) is 12.2 Å². The molecule has 8 heteroatoms. The largest absolute Gasteiger partial charge is 0.461 e. The fourth-order valence-corrected chi connectivity index (χ4v) is 5.79. The Morgan fingerprint density at radius 3 is 2.56 bits per heavy atom. The van der Waals surface area contributed by atoms with Gasteiger partial charge in [0.1, 0.15) is 24.2 Å². The van der Waals surface area contributed by atoms with Gasteiger partial charge in [-0.15, -0.1) is 0 Å². The van der Waals surface area contributed by atoms with Crippen LogP contribution in [0.25, 0.3) is 0 Å². The third-order valence-electron chi connectivity index (χ3n) is 7.23. The molecule has 4 aliphatic rings. The van der Waals surface area contributed by atoms with Crippen molar-refractivity contribution in [3.8, 4) is 0 Å². The van der Waals surface area contributed by atoms with Crippen LogP contribution in [0.3, 0.4) is 0 Å². The molecule has 5 atom stereocenters. The number of carbonyl (C=O) groups excluding carboxylic acids is 3. The van der Waals surface area contributed by atoms with Gasteiger partial charge >= 0.3 is 5.97 Å². The van der Waals surface area contributed by atoms with Crippen LogP contribution in [0.2, 0.25) is 0 Å². The van der Waals surface area contributed by atoms with Crippen molar-refractivity contribution in [1.29, 1.82) is 0 Å². The van der Waals surface area contributed by atoms with E-state index in [1.54, 1.807) is 28.9 Å². The third kappa shape index (κ3) is 3.57. The first-order valence-corrected chi connectivity index (χ1v) is 11.8. The quantitative estimate of drug-likeness (QED) is 0.344. The predicted molar refractivity (Wildman–Crippen MR) is 116 cm³/mol. The van der Waals surface area contributed by atoms with Gasteiger partial charge in [-0.25, -0.2) is 0 Å². The van der Waals surface area contributed by atoms with Gasteiger partial charge in [0.25, 0.3) is 0 Å². The van der Waals surface area contributed by atoms with Crippen LogP contribution in [-0.2, 0) is 23.9 Å². The maximum atomic E-state index is 13.8. The highest BCUT2D eigenvalue weighted by molar-refractivity contribution is 5.99. The van der Waals surface area contributed by atoms with Gasteiger partial charge in [0, 0.05) is 26.2 Å². The molecule has 32 heavy (non-hydrogen) atoms. The van der Waals surface area contributed by atoms with Gasteiger partial charge in [-0.3, -0.25) is 14.4 Å². The number of aliphatic hydroxyl groups is 1. The second kappa shape index (κ2) is 8.98. The molecule has 2 fully saturated rings. The minimum absolute atomic E-state index is 0.0204. The van der Waals surface area contributed by atoms with Gasteiger partial charge in [-0.2, -0.15) is 0 Å². The lowest BCUT2D eigenvalue weighted by Crippen LogP contribution is -2.56. The van der Waals surface area contributed by atoms with E-state index in [1.165, 1.54) is 0 Å². The molecule has 4 heterocycles. The van der Waals surface area contributed by atoms with Crippen LogP contribution in [0.1, 0.15) is 46.0 Å². The number of fused-ring (bicyclic) bond motifs is 2. The number of hydrogen-bond donors (Lipinski definition) is 1. The van der Waals surface area contributed by atoms with E-state index in [0.717, 1.165) is 19.3 Å². The molecule has 1 N–H and O–H groups in total. The standard InChI is InChI=1S/C24H34N2O6/c1-3-4-5-12-25-13-8-11-24-17(18-22(30)31-16-9-10-23(18,2)32-24)20(28)26(14-6-7-15-27)19(24)21(25)29/h8-11,17-19,27H,3-7,12-16H2,1-2H3/t17-,18-,19?,23+,24-/m0/s1. The summed E-state index contributed by atoms with van der Waals surface area (Å²) in [6.45, 7) is 5.50. The number of ether oxygens (including phenoxy) is 2. The Balaban J connectivity index is 1.75. The Morgan fingerprint density at radius 2 is 1.81 bits per heavy atom. The number of esters is 1. The van der Waals surface area contributed by atoms with Crippen LogP contribution in [0.15, 0.2) is 24.3 Å². The summed E-state index contributed by atoms with van der Waals surface area (Å²) in [6.07, 6.45) is 11.4. The number of carbonyl (C=O) groups is 3. The monoisotopic (exact) mass is 446 g/mol. The van der Waals surface area contributed by atoms with Crippen LogP contribution in [0, 0.1) is 11.8 Å². The summed E-state index contributed by atoms with van der Waals surface area (Å²) in [7, 11) is 0. The molecule has 4 aliphatic heterocycles. The number of amides is 2. The van der Waals surface area contributed by atoms with Crippen molar-refractivity contribution in [2.75, 3.05) is 32.8 Å². The Bertz CT molecular complexity index is 825. The number of aliphatic hydroxyl groups excluding tert-OH is 1. The Labute approximate surface area is 189 Å². The lowest BCUT2D eigenvalue weighted by molar-refractivity contribution is -0.157. The van der Waals surface area contributed by atoms with Crippen LogP contribution in [-0.4, -0.2) is 82.8 Å². The zero-order valence-electron chi connectivity index (χ0n) is 19.0. The van der Waals surface area contributed by atoms with E-state index >= 15 is 0 Å². The molecule has 176 valence electrons. The van der Waals surface area contributed by atoms with Crippen molar-refractivity contribution in [3.05, 3.63) is 24.3 Å². The number of hydrogen-bond acceptors (Lipinski definition) is 6. The average molecular weight is 447 g/mol. The molecule has 2 amide bonds. The van der Waals surface area contributed by atoms with E-state index in [9.17, 15) is 19.5 Å². The van der Waals surface area contributed by atoms with Crippen LogP contribution >= 0.6 is 0 Å². The second-order valence-corrected chi connectivity index (χ2v) is 9.39. The molecule has 0 bridgehead atoms. The van der Waals surface area contributed by atoms with Crippen molar-refractivity contribution < 1.29 is 29.0 Å². The van der Waals surface area contributed by atoms with E-state index in [4.69, 9.17) is 9.47 Å². The highest BCUT2D eigenvalue weighted by atomic mass is 16.6. The topological polar surface area (TPSA) is 96.4 Å². The van der Waals surface area contributed by atoms with Crippen molar-refractivity contribution in [1.82, 2.24) is 9.80 Å². The van der Waals surface area contributed by atoms with E-state index in [0.29, 0.717) is 32.5 Å². The van der Waals surface area contributed by atoms with E-state index < -0.39 is 35.0 Å². The number of likely N-dealkylation sites (tertiary alicyclic amines) is 1. The normalized spacial score (nSPS) is 36.0. The first-order valence-electron chi connectivity index (χ1n) is 11.8. The van der Waals surface area contributed by atoms with Gasteiger partial charge < -0.3 is 24.4 Å². The van der Waals surface area contributed by atoms with Crippen molar-refractivity contribution in [3.63, 3.8) is 0 Å². The minimum atomic E-state index is -1.22. The highest BCUT2D eigenvalue weighted by Crippen LogP contribution is 2.57. The molecule has 0 aromatic carbocycles. The molecule has 1 unspecified atom stereocenters. The highest BCUT2D eigenvalue weighted by Gasteiger charge is 2.74. The maximum absolute atomic E-state index is 13.8. The fraction of sp³-hybridized carbons (Fsp3) is 0.708. The molecular formula is C24H34N2O6. The number of cyclic esters (lactones) is 1. The zero-order valence-corrected chi connectivity index (χ0v) is 19.0. The maximum Gasteiger partial charge on any atom is 0.313 e. The molecule has 0 aromatic rings. The van der Waals surface area contributed by atoms with Gasteiger partial charge in [0.2, 0.25) is 11.8 Å². The molecule has 0 aliphatic carbocycles. The molecule has 8 nitrogen and oxygen atoms in total. The van der Waals surface area contributed by atoms with Gasteiger partial charge in [-0.05, 0) is 32.3 Å². The molecule has 0 aromatic heterocycles. The third-order valence-corrected chi connectivity index (χ3v) is 7.23. The second-order valence-electron chi connectivity index (χ2n) is 9.39. The lowest BCUT2D eigenvalue weighted by atomic mass is 9.75. The number of unbranched alkanes of at least 4 members (excludes halogenated alkanes) is 3. The molecule has 2 saturated heterocycles. The van der Waals surface area contributed by atoms with E-state index in [2.05, 4.69) is 6.92 Å². The average Bonchev–Trinajstić information content (AvgIpc) is 3.01. The molecular weight excluding hydrogens is 412 g/mol. The first kappa shape index (κ1) is 23.0. The number of rotatable bonds is 8. The first-order chi connectivity index (χ1) is 15.4.